The molecule has 3 rings (SSSR count). The first-order chi connectivity index (χ1) is 16.2. The molecule has 34 heavy (non-hydrogen) atoms. The summed E-state index contributed by atoms with van der Waals surface area (Å²) in [5.74, 6) is 1.47. The van der Waals surface area contributed by atoms with Crippen molar-refractivity contribution in [2.45, 2.75) is 103 Å². The van der Waals surface area contributed by atoms with Crippen molar-refractivity contribution in [1.82, 2.24) is 20.2 Å². The molecule has 1 aromatic rings. The lowest BCUT2D eigenvalue weighted by atomic mass is 9.86. The number of hydrogen-bond acceptors (Lipinski definition) is 7. The summed E-state index contributed by atoms with van der Waals surface area (Å²) in [6, 6.07) is 2.41. The molecule has 0 bridgehead atoms. The number of amides is 1. The van der Waals surface area contributed by atoms with Crippen molar-refractivity contribution in [2.24, 2.45) is 5.92 Å². The van der Waals surface area contributed by atoms with Gasteiger partial charge in [0.15, 0.2) is 0 Å². The Hall–Kier alpha value is -1.80. The Kier molecular flexibility index (Phi) is 10.1. The molecule has 2 aliphatic rings. The van der Waals surface area contributed by atoms with Crippen molar-refractivity contribution in [3.8, 4) is 0 Å². The molecule has 9 heteroatoms. The van der Waals surface area contributed by atoms with Crippen LogP contribution in [0.25, 0.3) is 0 Å². The van der Waals surface area contributed by atoms with Crippen molar-refractivity contribution >= 4 is 29.5 Å². The fraction of sp³-hybridized carbons (Fsp3) is 0.800. The van der Waals surface area contributed by atoms with Crippen LogP contribution in [-0.2, 0) is 4.74 Å². The summed E-state index contributed by atoms with van der Waals surface area (Å²) >= 11 is 5.95. The van der Waals surface area contributed by atoms with Crippen molar-refractivity contribution in [3.05, 3.63) is 11.2 Å². The second kappa shape index (κ2) is 12.8. The SMILES string of the molecule is CC(C)(C)OC(=O)N(CCCN[C@H]1CC[C@@H](CNc2nc(N)cc(Cl)n2)CC1)C1CCCCC1. The zero-order valence-corrected chi connectivity index (χ0v) is 21.9. The van der Waals surface area contributed by atoms with E-state index in [0.717, 1.165) is 64.6 Å². The highest BCUT2D eigenvalue weighted by atomic mass is 35.5. The minimum absolute atomic E-state index is 0.155. The molecular weight excluding hydrogens is 452 g/mol. The van der Waals surface area contributed by atoms with E-state index < -0.39 is 5.60 Å². The van der Waals surface area contributed by atoms with Gasteiger partial charge in [0.1, 0.15) is 16.6 Å². The van der Waals surface area contributed by atoms with E-state index in [4.69, 9.17) is 22.1 Å². The second-order valence-electron chi connectivity index (χ2n) is 10.8. The topological polar surface area (TPSA) is 105 Å². The summed E-state index contributed by atoms with van der Waals surface area (Å²) in [6.07, 6.45) is 11.3. The normalized spacial score (nSPS) is 21.8. The molecule has 2 saturated carbocycles. The average molecular weight is 495 g/mol. The molecular formula is C25H43ClN6O2. The van der Waals surface area contributed by atoms with Crippen LogP contribution in [0.1, 0.15) is 85.0 Å². The maximum Gasteiger partial charge on any atom is 0.410 e. The van der Waals surface area contributed by atoms with E-state index >= 15 is 0 Å². The van der Waals surface area contributed by atoms with E-state index in [2.05, 4.69) is 20.6 Å². The van der Waals surface area contributed by atoms with Crippen LogP contribution >= 0.6 is 11.6 Å². The third-order valence-electron chi connectivity index (χ3n) is 6.76. The number of nitrogens with one attached hydrogen (secondary N) is 2. The largest absolute Gasteiger partial charge is 0.444 e. The lowest BCUT2D eigenvalue weighted by molar-refractivity contribution is 0.0119. The van der Waals surface area contributed by atoms with E-state index in [9.17, 15) is 4.79 Å². The number of nitrogens with zero attached hydrogens (tertiary/aromatic N) is 3. The van der Waals surface area contributed by atoms with Crippen LogP contribution in [0.5, 0.6) is 0 Å². The van der Waals surface area contributed by atoms with Gasteiger partial charge in [-0.2, -0.15) is 4.98 Å². The first-order valence-corrected chi connectivity index (χ1v) is 13.3. The summed E-state index contributed by atoms with van der Waals surface area (Å²) in [4.78, 5) is 23.2. The van der Waals surface area contributed by atoms with Crippen molar-refractivity contribution in [1.29, 1.82) is 0 Å². The first kappa shape index (κ1) is 26.8. The number of halogens is 1. The molecule has 2 fully saturated rings. The Morgan fingerprint density at radius 3 is 2.50 bits per heavy atom. The Bertz CT molecular complexity index is 753. The number of anilines is 2. The smallest absolute Gasteiger partial charge is 0.410 e. The van der Waals surface area contributed by atoms with Crippen LogP contribution in [-0.4, -0.2) is 58.3 Å². The molecule has 1 aromatic heterocycles. The van der Waals surface area contributed by atoms with Gasteiger partial charge in [0.25, 0.3) is 0 Å². The predicted octanol–water partition coefficient (Wildman–Crippen LogP) is 5.23. The van der Waals surface area contributed by atoms with Gasteiger partial charge in [0.2, 0.25) is 5.95 Å². The Morgan fingerprint density at radius 2 is 1.85 bits per heavy atom. The van der Waals surface area contributed by atoms with Crippen LogP contribution in [0.4, 0.5) is 16.6 Å². The number of nitrogen functional groups attached to an aromatic ring is 1. The van der Waals surface area contributed by atoms with E-state index in [1.807, 2.05) is 25.7 Å². The third-order valence-corrected chi connectivity index (χ3v) is 6.96. The van der Waals surface area contributed by atoms with E-state index in [-0.39, 0.29) is 6.09 Å². The summed E-state index contributed by atoms with van der Waals surface area (Å²) < 4.78 is 5.72. The maximum absolute atomic E-state index is 12.8. The number of aromatic nitrogens is 2. The van der Waals surface area contributed by atoms with Gasteiger partial charge in [-0.25, -0.2) is 9.78 Å². The Balaban J connectivity index is 1.36. The van der Waals surface area contributed by atoms with Gasteiger partial charge in [0.05, 0.1) is 0 Å². The molecule has 0 saturated heterocycles. The molecule has 2 aliphatic carbocycles. The standard InChI is InChI=1S/C25H43ClN6O2/c1-25(2,3)34-24(33)32(20-8-5-4-6-9-20)15-7-14-28-19-12-10-18(11-13-19)17-29-23-30-21(26)16-22(27)31-23/h16,18-20,28H,4-15,17H2,1-3H3,(H3,27,29,30,31)/t18-,19+. The molecule has 0 aromatic carbocycles. The van der Waals surface area contributed by atoms with Gasteiger partial charge in [-0.3, -0.25) is 0 Å². The molecule has 0 radical (unpaired) electrons. The second-order valence-corrected chi connectivity index (χ2v) is 11.2. The molecule has 1 amide bonds. The highest BCUT2D eigenvalue weighted by Crippen LogP contribution is 2.26. The minimum atomic E-state index is -0.457. The summed E-state index contributed by atoms with van der Waals surface area (Å²) in [7, 11) is 0. The lowest BCUT2D eigenvalue weighted by Crippen LogP contribution is -2.45. The summed E-state index contributed by atoms with van der Waals surface area (Å²) in [5.41, 5.74) is 5.28. The molecule has 8 nitrogen and oxygen atoms in total. The number of carbonyl (C=O) groups is 1. The highest BCUT2D eigenvalue weighted by molar-refractivity contribution is 6.29. The Labute approximate surface area is 209 Å². The zero-order valence-electron chi connectivity index (χ0n) is 21.1. The van der Waals surface area contributed by atoms with Crippen LogP contribution in [0.15, 0.2) is 6.07 Å². The molecule has 0 atom stereocenters. The summed E-state index contributed by atoms with van der Waals surface area (Å²) in [5, 5.41) is 7.35. The van der Waals surface area contributed by atoms with Crippen molar-refractivity contribution in [2.75, 3.05) is 30.7 Å². The van der Waals surface area contributed by atoms with Gasteiger partial charge >= 0.3 is 6.09 Å². The van der Waals surface area contributed by atoms with Crippen LogP contribution in [0, 0.1) is 5.92 Å². The zero-order chi connectivity index (χ0) is 24.6. The molecule has 4 N–H and O–H groups in total. The van der Waals surface area contributed by atoms with Gasteiger partial charge in [-0.15, -0.1) is 0 Å². The molecule has 192 valence electrons. The lowest BCUT2D eigenvalue weighted by Gasteiger charge is -2.36. The van der Waals surface area contributed by atoms with E-state index in [1.165, 1.54) is 19.3 Å². The highest BCUT2D eigenvalue weighted by Gasteiger charge is 2.29. The first-order valence-electron chi connectivity index (χ1n) is 13.0. The van der Waals surface area contributed by atoms with E-state index in [1.54, 1.807) is 6.07 Å². The molecule has 1 heterocycles. The van der Waals surface area contributed by atoms with Crippen LogP contribution in [0.2, 0.25) is 5.15 Å². The maximum atomic E-state index is 12.8. The van der Waals surface area contributed by atoms with Gasteiger partial charge < -0.3 is 26.0 Å². The monoisotopic (exact) mass is 494 g/mol. The van der Waals surface area contributed by atoms with Gasteiger partial charge in [-0.05, 0) is 78.2 Å². The number of ether oxygens (including phenoxy) is 1. The molecule has 0 aliphatic heterocycles. The average Bonchev–Trinajstić information content (AvgIpc) is 2.77. The van der Waals surface area contributed by atoms with Crippen LogP contribution in [0.3, 0.4) is 0 Å². The number of carbonyl (C=O) groups excluding carboxylic acids is 1. The number of hydrogen-bond donors (Lipinski definition) is 3. The van der Waals surface area contributed by atoms with Crippen LogP contribution < -0.4 is 16.4 Å². The van der Waals surface area contributed by atoms with Gasteiger partial charge in [-0.1, -0.05) is 30.9 Å². The minimum Gasteiger partial charge on any atom is -0.444 e. The molecule has 0 unspecified atom stereocenters. The number of nitrogens with two attached hydrogens (primary N) is 1. The fourth-order valence-corrected chi connectivity index (χ4v) is 5.20. The quantitative estimate of drug-likeness (QED) is 0.318. The predicted molar refractivity (Wildman–Crippen MR) is 138 cm³/mol. The van der Waals surface area contributed by atoms with Crippen molar-refractivity contribution in [3.63, 3.8) is 0 Å². The molecule has 0 spiro atoms. The Morgan fingerprint density at radius 1 is 1.15 bits per heavy atom. The number of rotatable bonds is 9. The van der Waals surface area contributed by atoms with Crippen molar-refractivity contribution < 1.29 is 9.53 Å². The van der Waals surface area contributed by atoms with E-state index in [0.29, 0.717) is 34.9 Å². The summed E-state index contributed by atoms with van der Waals surface area (Å²) in [6.45, 7) is 8.33. The third kappa shape index (κ3) is 9.10. The van der Waals surface area contributed by atoms with Gasteiger partial charge in [0, 0.05) is 31.2 Å². The fourth-order valence-electron chi connectivity index (χ4n) is 5.01.